The molecule has 0 spiro atoms. The predicted molar refractivity (Wildman–Crippen MR) is 175 cm³/mol. The van der Waals surface area contributed by atoms with Crippen molar-refractivity contribution in [1.29, 1.82) is 0 Å². The van der Waals surface area contributed by atoms with Crippen LogP contribution in [0.5, 0.6) is 0 Å². The van der Waals surface area contributed by atoms with Gasteiger partial charge in [0.25, 0.3) is 0 Å². The van der Waals surface area contributed by atoms with Gasteiger partial charge in [-0.25, -0.2) is 0 Å². The Morgan fingerprint density at radius 3 is 1.83 bits per heavy atom. The Morgan fingerprint density at radius 1 is 0.595 bits per heavy atom. The van der Waals surface area contributed by atoms with Crippen LogP contribution in [0.1, 0.15) is 45.7 Å². The van der Waals surface area contributed by atoms with Gasteiger partial charge in [0.2, 0.25) is 0 Å². The average molecular weight is 550 g/mol. The van der Waals surface area contributed by atoms with Crippen molar-refractivity contribution in [3.63, 3.8) is 0 Å². The maximum atomic E-state index is 6.24. The van der Waals surface area contributed by atoms with Crippen molar-refractivity contribution >= 4 is 29.6 Å². The number of hydrogen-bond donors (Lipinski definition) is 0. The smallest absolute Gasteiger partial charge is 0.402 e. The topological polar surface area (TPSA) is 21.7 Å². The summed E-state index contributed by atoms with van der Waals surface area (Å²) in [6, 6.07) is 43.7. The number of nitrogens with zero attached hydrogens (tertiary/aromatic N) is 1. The minimum Gasteiger partial charge on any atom is -0.402 e. The van der Waals surface area contributed by atoms with E-state index in [0.717, 1.165) is 22.5 Å². The van der Waals surface area contributed by atoms with Gasteiger partial charge in [0.05, 0.1) is 11.7 Å². The van der Waals surface area contributed by atoms with Crippen molar-refractivity contribution in [2.24, 2.45) is 0 Å². The van der Waals surface area contributed by atoms with Crippen molar-refractivity contribution < 1.29 is 9.31 Å². The fraction of sp³-hybridized carbons (Fsp3) is 0.211. The molecule has 5 aromatic rings. The summed E-state index contributed by atoms with van der Waals surface area (Å²) in [5.74, 6) is 0. The van der Waals surface area contributed by atoms with E-state index in [-0.39, 0.29) is 24.2 Å². The van der Waals surface area contributed by atoms with Crippen LogP contribution in [-0.4, -0.2) is 18.8 Å². The van der Waals surface area contributed by atoms with E-state index in [1.54, 1.807) is 0 Å². The molecule has 208 valence electrons. The molecule has 0 aromatic heterocycles. The van der Waals surface area contributed by atoms with Gasteiger partial charge in [-0.1, -0.05) is 98.8 Å². The van der Waals surface area contributed by atoms with E-state index in [4.69, 9.17) is 9.31 Å². The quantitative estimate of drug-likeness (QED) is 0.204. The highest BCUT2D eigenvalue weighted by Crippen LogP contribution is 2.50. The molecule has 1 fully saturated rings. The lowest BCUT2D eigenvalue weighted by Crippen LogP contribution is -2.34. The van der Waals surface area contributed by atoms with E-state index >= 15 is 0 Å². The molecule has 42 heavy (non-hydrogen) atoms. The first kappa shape index (κ1) is 26.8. The van der Waals surface area contributed by atoms with Crippen LogP contribution < -0.4 is 10.4 Å². The average Bonchev–Trinajstić information content (AvgIpc) is 3.42. The van der Waals surface area contributed by atoms with Gasteiger partial charge in [-0.3, -0.25) is 0 Å². The number of rotatable bonds is 5. The minimum atomic E-state index is -0.359. The zero-order valence-corrected chi connectivity index (χ0v) is 25.0. The Hall–Kier alpha value is -4.12. The van der Waals surface area contributed by atoms with Crippen molar-refractivity contribution in [2.45, 2.75) is 51.7 Å². The third-order valence-corrected chi connectivity index (χ3v) is 9.20. The molecule has 7 rings (SSSR count). The second-order valence-electron chi connectivity index (χ2n) is 12.6. The van der Waals surface area contributed by atoms with E-state index in [2.05, 4.69) is 161 Å². The highest BCUT2D eigenvalue weighted by molar-refractivity contribution is 6.62. The predicted octanol–water partition coefficient (Wildman–Crippen LogP) is 9.04. The number of fused-ring (bicyclic) bond motifs is 3. The highest BCUT2D eigenvalue weighted by atomic mass is 16.7. The largest absolute Gasteiger partial charge is 0.494 e. The summed E-state index contributed by atoms with van der Waals surface area (Å²) in [6.07, 6.45) is 0.0284. The first-order chi connectivity index (χ1) is 20.2. The number of benzene rings is 5. The molecule has 3 nitrogen and oxygen atoms in total. The van der Waals surface area contributed by atoms with Gasteiger partial charge in [0.15, 0.2) is 0 Å². The van der Waals surface area contributed by atoms with Crippen LogP contribution in [0.3, 0.4) is 0 Å². The Balaban J connectivity index is 1.30. The van der Waals surface area contributed by atoms with Gasteiger partial charge < -0.3 is 14.2 Å². The second-order valence-corrected chi connectivity index (χ2v) is 12.6. The molecule has 0 amide bonds. The lowest BCUT2D eigenvalue weighted by atomic mass is 9.79. The molecule has 1 aliphatic heterocycles. The molecule has 4 heteroatoms. The summed E-state index contributed by atoms with van der Waals surface area (Å²) in [5.41, 5.74) is 11.8. The summed E-state index contributed by atoms with van der Waals surface area (Å²) in [7, 11) is -0.359. The van der Waals surface area contributed by atoms with Crippen LogP contribution in [0.2, 0.25) is 0 Å². The van der Waals surface area contributed by atoms with Crippen molar-refractivity contribution in [3.05, 3.63) is 132 Å². The van der Waals surface area contributed by atoms with Gasteiger partial charge in [-0.05, 0) is 96.0 Å². The molecule has 5 aromatic carbocycles. The Morgan fingerprint density at radius 2 is 1.17 bits per heavy atom. The number of anilines is 3. The molecule has 0 saturated carbocycles. The van der Waals surface area contributed by atoms with Gasteiger partial charge in [0, 0.05) is 22.5 Å². The normalized spacial score (nSPS) is 18.0. The minimum absolute atomic E-state index is 0.0284. The summed E-state index contributed by atoms with van der Waals surface area (Å²) >= 11 is 0. The standard InChI is InChI=1S/C38H36BNO2/c1-26-38(4,5)42-39(41-26)29-17-21-31(22-18-29)40(30-19-15-28(16-20-30)27-11-7-6-8-12-27)32-23-24-34-33-13-9-10-14-35(33)37(2,3)36(34)25-32/h6-26H,1-5H3. The number of hydrogen-bond acceptors (Lipinski definition) is 3. The lowest BCUT2D eigenvalue weighted by molar-refractivity contribution is 0.0842. The van der Waals surface area contributed by atoms with Crippen LogP contribution >= 0.6 is 0 Å². The Kier molecular flexibility index (Phi) is 6.38. The van der Waals surface area contributed by atoms with Crippen LogP contribution in [0.4, 0.5) is 17.1 Å². The lowest BCUT2D eigenvalue weighted by Gasteiger charge is -2.28. The zero-order valence-electron chi connectivity index (χ0n) is 25.0. The maximum absolute atomic E-state index is 6.24. The molecule has 2 aliphatic rings. The first-order valence-electron chi connectivity index (χ1n) is 14.9. The van der Waals surface area contributed by atoms with E-state index in [1.807, 2.05) is 0 Å². The van der Waals surface area contributed by atoms with Crippen molar-refractivity contribution in [3.8, 4) is 22.3 Å². The fourth-order valence-corrected chi connectivity index (χ4v) is 6.39. The molecule has 0 N–H and O–H groups in total. The van der Waals surface area contributed by atoms with Crippen LogP contribution in [0.15, 0.2) is 121 Å². The summed E-state index contributed by atoms with van der Waals surface area (Å²) in [6.45, 7) is 10.9. The van der Waals surface area contributed by atoms with Gasteiger partial charge >= 0.3 is 7.12 Å². The molecule has 1 atom stereocenters. The van der Waals surface area contributed by atoms with E-state index in [9.17, 15) is 0 Å². The monoisotopic (exact) mass is 549 g/mol. The van der Waals surface area contributed by atoms with Crippen LogP contribution in [0, 0.1) is 0 Å². The molecule has 1 unspecified atom stereocenters. The van der Waals surface area contributed by atoms with E-state index < -0.39 is 0 Å². The summed E-state index contributed by atoms with van der Waals surface area (Å²) in [5, 5.41) is 0. The van der Waals surface area contributed by atoms with Gasteiger partial charge in [0.1, 0.15) is 0 Å². The van der Waals surface area contributed by atoms with Crippen molar-refractivity contribution in [2.75, 3.05) is 4.90 Å². The van der Waals surface area contributed by atoms with Gasteiger partial charge in [-0.15, -0.1) is 0 Å². The maximum Gasteiger partial charge on any atom is 0.494 e. The molecule has 0 radical (unpaired) electrons. The van der Waals surface area contributed by atoms with Crippen LogP contribution in [-0.2, 0) is 14.7 Å². The van der Waals surface area contributed by atoms with Crippen LogP contribution in [0.25, 0.3) is 22.3 Å². The van der Waals surface area contributed by atoms with E-state index in [0.29, 0.717) is 0 Å². The summed E-state index contributed by atoms with van der Waals surface area (Å²) < 4.78 is 12.4. The Labute approximate surface area is 249 Å². The molecule has 0 bridgehead atoms. The summed E-state index contributed by atoms with van der Waals surface area (Å²) in [4.78, 5) is 2.35. The Bertz CT molecular complexity index is 1740. The molecular weight excluding hydrogens is 513 g/mol. The van der Waals surface area contributed by atoms with Gasteiger partial charge in [-0.2, -0.15) is 0 Å². The third-order valence-electron chi connectivity index (χ3n) is 9.20. The molecule has 1 aliphatic carbocycles. The fourth-order valence-electron chi connectivity index (χ4n) is 6.39. The third kappa shape index (κ3) is 4.47. The first-order valence-corrected chi connectivity index (χ1v) is 14.9. The second kappa shape index (κ2) is 10.0. The van der Waals surface area contributed by atoms with E-state index in [1.165, 1.54) is 33.4 Å². The zero-order chi connectivity index (χ0) is 29.1. The van der Waals surface area contributed by atoms with Crippen molar-refractivity contribution in [1.82, 2.24) is 0 Å². The SMILES string of the molecule is CC1OB(c2ccc(N(c3ccc(-c4ccccc4)cc3)c3ccc4c(c3)C(C)(C)c3ccccc3-4)cc2)OC1(C)C. The molecule has 1 saturated heterocycles. The molecular formula is C38H36BNO2. The molecule has 1 heterocycles. The highest BCUT2D eigenvalue weighted by Gasteiger charge is 2.43.